The third-order valence-electron chi connectivity index (χ3n) is 3.52. The lowest BCUT2D eigenvalue weighted by Crippen LogP contribution is -2.29. The summed E-state index contributed by atoms with van der Waals surface area (Å²) in [6.07, 6.45) is 0. The zero-order valence-electron chi connectivity index (χ0n) is 12.5. The summed E-state index contributed by atoms with van der Waals surface area (Å²) < 4.78 is 3.13. The summed E-state index contributed by atoms with van der Waals surface area (Å²) in [4.78, 5) is 24.6. The summed E-state index contributed by atoms with van der Waals surface area (Å²) in [5, 5.41) is 9.39. The number of anilines is 1. The Balaban J connectivity index is 1.92. The molecule has 0 aliphatic rings. The number of H-pyrrole nitrogens is 1. The van der Waals surface area contributed by atoms with E-state index in [1.165, 1.54) is 4.57 Å². The molecule has 0 atom stereocenters. The fourth-order valence-electron chi connectivity index (χ4n) is 2.54. The summed E-state index contributed by atoms with van der Waals surface area (Å²) >= 11 is 0. The highest BCUT2D eigenvalue weighted by molar-refractivity contribution is 5.90. The number of aryl methyl sites for hydroxylation is 2. The molecule has 2 heterocycles. The molecule has 3 rings (SSSR count). The van der Waals surface area contributed by atoms with Crippen molar-refractivity contribution in [2.75, 3.05) is 5.32 Å². The van der Waals surface area contributed by atoms with Crippen LogP contribution in [-0.4, -0.2) is 25.2 Å². The molecule has 0 unspecified atom stereocenters. The van der Waals surface area contributed by atoms with Crippen molar-refractivity contribution in [1.82, 2.24) is 19.3 Å². The number of nitrogens with one attached hydrogen (secondary N) is 2. The van der Waals surface area contributed by atoms with Gasteiger partial charge in [-0.1, -0.05) is 12.1 Å². The molecule has 2 N–H and O–H groups in total. The fraction of sp³-hybridized carbons (Fsp3) is 0.267. The first-order valence-electron chi connectivity index (χ1n) is 7.10. The van der Waals surface area contributed by atoms with E-state index in [9.17, 15) is 9.59 Å². The molecule has 0 aliphatic carbocycles. The number of aromatic nitrogens is 4. The maximum Gasteiger partial charge on any atom is 0.329 e. The Hall–Kier alpha value is -2.83. The van der Waals surface area contributed by atoms with Gasteiger partial charge in [-0.15, -0.1) is 0 Å². The van der Waals surface area contributed by atoms with Crippen LogP contribution in [0.1, 0.15) is 12.6 Å². The summed E-state index contributed by atoms with van der Waals surface area (Å²) in [5.41, 5.74) is 2.26. The average molecular weight is 299 g/mol. The molecule has 0 radical (unpaired) electrons. The molecule has 1 amide bonds. The molecule has 0 fully saturated rings. The second kappa shape index (κ2) is 5.51. The molecule has 22 heavy (non-hydrogen) atoms. The van der Waals surface area contributed by atoms with Gasteiger partial charge >= 0.3 is 5.69 Å². The Morgan fingerprint density at radius 1 is 1.27 bits per heavy atom. The van der Waals surface area contributed by atoms with Crippen molar-refractivity contribution in [3.63, 3.8) is 0 Å². The van der Waals surface area contributed by atoms with Crippen LogP contribution in [-0.2, 0) is 17.9 Å². The van der Waals surface area contributed by atoms with Crippen molar-refractivity contribution < 1.29 is 4.79 Å². The molecule has 0 saturated carbocycles. The van der Waals surface area contributed by atoms with Gasteiger partial charge in [-0.05, 0) is 26.0 Å². The molecule has 0 bridgehead atoms. The lowest BCUT2D eigenvalue weighted by Gasteiger charge is -2.03. The number of nitrogens with zero attached hydrogens (tertiary/aromatic N) is 3. The molecule has 0 aliphatic heterocycles. The molecule has 0 saturated heterocycles. The number of rotatable bonds is 4. The number of benzene rings is 1. The Morgan fingerprint density at radius 3 is 2.55 bits per heavy atom. The van der Waals surface area contributed by atoms with Gasteiger partial charge < -0.3 is 5.32 Å². The highest BCUT2D eigenvalue weighted by Crippen LogP contribution is 2.13. The van der Waals surface area contributed by atoms with Crippen LogP contribution in [0, 0.1) is 6.92 Å². The first kappa shape index (κ1) is 14.1. The van der Waals surface area contributed by atoms with Gasteiger partial charge in [0.2, 0.25) is 5.91 Å². The molecule has 7 nitrogen and oxygen atoms in total. The Bertz CT molecular complexity index is 887. The second-order valence-corrected chi connectivity index (χ2v) is 5.09. The number of imidazole rings is 1. The number of carbonyl (C=O) groups excluding carboxylic acids is 1. The minimum Gasteiger partial charge on any atom is -0.308 e. The van der Waals surface area contributed by atoms with Gasteiger partial charge in [-0.3, -0.25) is 19.0 Å². The maximum atomic E-state index is 12.4. The molecule has 0 spiro atoms. The fourth-order valence-corrected chi connectivity index (χ4v) is 2.54. The first-order chi connectivity index (χ1) is 10.6. The summed E-state index contributed by atoms with van der Waals surface area (Å²) in [5.74, 6) is 0.169. The molecule has 7 heteroatoms. The smallest absolute Gasteiger partial charge is 0.308 e. The van der Waals surface area contributed by atoms with E-state index in [0.29, 0.717) is 12.4 Å². The monoisotopic (exact) mass is 299 g/mol. The Labute approximate surface area is 126 Å². The van der Waals surface area contributed by atoms with Crippen LogP contribution in [0.15, 0.2) is 35.1 Å². The van der Waals surface area contributed by atoms with Crippen LogP contribution in [0.2, 0.25) is 0 Å². The standard InChI is InChI=1S/C15H17N5O2/c1-3-19-11-6-4-5-7-12(11)20(15(19)22)9-14(21)16-13-8-10(2)17-18-13/h4-8H,3,9H2,1-2H3,(H2,16,17,18,21). The third kappa shape index (κ3) is 2.41. The SMILES string of the molecule is CCn1c(=O)n(CC(=O)Nc2cc(C)[nH]n2)c2ccccc21. The number of amides is 1. The van der Waals surface area contributed by atoms with E-state index >= 15 is 0 Å². The topological polar surface area (TPSA) is 84.7 Å². The summed E-state index contributed by atoms with van der Waals surface area (Å²) in [7, 11) is 0. The number of hydrogen-bond donors (Lipinski definition) is 2. The van der Waals surface area contributed by atoms with Gasteiger partial charge in [0.25, 0.3) is 0 Å². The zero-order chi connectivity index (χ0) is 15.7. The minimum atomic E-state index is -0.285. The van der Waals surface area contributed by atoms with E-state index in [-0.39, 0.29) is 18.1 Å². The van der Waals surface area contributed by atoms with E-state index in [4.69, 9.17) is 0 Å². The normalized spacial score (nSPS) is 11.0. The lowest BCUT2D eigenvalue weighted by atomic mass is 10.3. The van der Waals surface area contributed by atoms with Gasteiger partial charge in [-0.2, -0.15) is 5.10 Å². The minimum absolute atomic E-state index is 0.0434. The molecule has 3 aromatic rings. The molecule has 1 aromatic carbocycles. The average Bonchev–Trinajstić information content (AvgIpc) is 3.01. The summed E-state index contributed by atoms with van der Waals surface area (Å²) in [6.45, 7) is 4.28. The van der Waals surface area contributed by atoms with Crippen molar-refractivity contribution in [2.24, 2.45) is 0 Å². The highest BCUT2D eigenvalue weighted by atomic mass is 16.2. The van der Waals surface area contributed by atoms with Gasteiger partial charge in [0, 0.05) is 18.3 Å². The lowest BCUT2D eigenvalue weighted by molar-refractivity contribution is -0.116. The molecular formula is C15H17N5O2. The van der Waals surface area contributed by atoms with Crippen molar-refractivity contribution in [2.45, 2.75) is 26.9 Å². The summed E-state index contributed by atoms with van der Waals surface area (Å²) in [6, 6.07) is 9.19. The maximum absolute atomic E-state index is 12.4. The van der Waals surface area contributed by atoms with Gasteiger partial charge in [0.15, 0.2) is 5.82 Å². The Morgan fingerprint density at radius 2 is 1.95 bits per heavy atom. The number of para-hydroxylation sites is 2. The molecular weight excluding hydrogens is 282 g/mol. The van der Waals surface area contributed by atoms with Gasteiger partial charge in [0.1, 0.15) is 6.54 Å². The van der Waals surface area contributed by atoms with Crippen molar-refractivity contribution in [1.29, 1.82) is 0 Å². The number of aromatic amines is 1. The van der Waals surface area contributed by atoms with E-state index in [0.717, 1.165) is 16.7 Å². The molecule has 114 valence electrons. The quantitative estimate of drug-likeness (QED) is 0.765. The van der Waals surface area contributed by atoms with Crippen LogP contribution in [0.3, 0.4) is 0 Å². The van der Waals surface area contributed by atoms with E-state index < -0.39 is 0 Å². The zero-order valence-corrected chi connectivity index (χ0v) is 12.5. The first-order valence-corrected chi connectivity index (χ1v) is 7.10. The predicted molar refractivity (Wildman–Crippen MR) is 83.8 cm³/mol. The number of hydrogen-bond acceptors (Lipinski definition) is 3. The van der Waals surface area contributed by atoms with Crippen LogP contribution < -0.4 is 11.0 Å². The second-order valence-electron chi connectivity index (χ2n) is 5.09. The van der Waals surface area contributed by atoms with E-state index in [2.05, 4.69) is 15.5 Å². The van der Waals surface area contributed by atoms with Crippen LogP contribution in [0.5, 0.6) is 0 Å². The van der Waals surface area contributed by atoms with E-state index in [1.807, 2.05) is 38.1 Å². The largest absolute Gasteiger partial charge is 0.329 e. The van der Waals surface area contributed by atoms with Crippen LogP contribution >= 0.6 is 0 Å². The van der Waals surface area contributed by atoms with Gasteiger partial charge in [-0.25, -0.2) is 4.79 Å². The Kier molecular flexibility index (Phi) is 3.54. The van der Waals surface area contributed by atoms with Gasteiger partial charge in [0.05, 0.1) is 11.0 Å². The van der Waals surface area contributed by atoms with Crippen molar-refractivity contribution in [3.05, 3.63) is 46.5 Å². The third-order valence-corrected chi connectivity index (χ3v) is 3.52. The van der Waals surface area contributed by atoms with Crippen molar-refractivity contribution in [3.8, 4) is 0 Å². The molecule has 2 aromatic heterocycles. The van der Waals surface area contributed by atoms with Crippen LogP contribution in [0.25, 0.3) is 11.0 Å². The number of fused-ring (bicyclic) bond motifs is 1. The van der Waals surface area contributed by atoms with Crippen LogP contribution in [0.4, 0.5) is 5.82 Å². The predicted octanol–water partition coefficient (Wildman–Crippen LogP) is 1.49. The van der Waals surface area contributed by atoms with Crippen molar-refractivity contribution >= 4 is 22.8 Å². The number of carbonyl (C=O) groups is 1. The highest BCUT2D eigenvalue weighted by Gasteiger charge is 2.14. The van der Waals surface area contributed by atoms with E-state index in [1.54, 1.807) is 10.6 Å².